The van der Waals surface area contributed by atoms with Gasteiger partial charge in [-0.2, -0.15) is 5.10 Å². The number of aryl methyl sites for hydroxylation is 1. The summed E-state index contributed by atoms with van der Waals surface area (Å²) in [6.45, 7) is 2.86. The molecule has 1 N–H and O–H groups in total. The lowest BCUT2D eigenvalue weighted by atomic mass is 10.2. The molecule has 2 rings (SSSR count). The summed E-state index contributed by atoms with van der Waals surface area (Å²) in [6.07, 6.45) is 1.98. The molecule has 0 fully saturated rings. The topological polar surface area (TPSA) is 29.9 Å². The first-order valence-corrected chi connectivity index (χ1v) is 5.95. The van der Waals surface area contributed by atoms with E-state index in [4.69, 9.17) is 0 Å². The smallest absolute Gasteiger partial charge is 0.0766 e. The molecule has 0 saturated heterocycles. The largest absolute Gasteiger partial charge is 0.314 e. The maximum atomic E-state index is 4.47. The quantitative estimate of drug-likeness (QED) is 0.936. The van der Waals surface area contributed by atoms with Crippen LogP contribution in [0.25, 0.3) is 5.69 Å². The molecule has 0 unspecified atom stereocenters. The van der Waals surface area contributed by atoms with Crippen LogP contribution >= 0.6 is 15.9 Å². The van der Waals surface area contributed by atoms with Crippen LogP contribution in [0.15, 0.2) is 34.9 Å². The predicted molar refractivity (Wildman–Crippen MR) is 68.8 cm³/mol. The monoisotopic (exact) mass is 279 g/mol. The van der Waals surface area contributed by atoms with Gasteiger partial charge in [0.2, 0.25) is 0 Å². The van der Waals surface area contributed by atoms with Gasteiger partial charge in [0.05, 0.1) is 11.4 Å². The fourth-order valence-electron chi connectivity index (χ4n) is 1.51. The van der Waals surface area contributed by atoms with Crippen molar-refractivity contribution in [3.05, 3.63) is 46.2 Å². The van der Waals surface area contributed by atoms with Crippen LogP contribution in [0.4, 0.5) is 0 Å². The van der Waals surface area contributed by atoms with Crippen LogP contribution in [0, 0.1) is 6.92 Å². The van der Waals surface area contributed by atoms with Crippen LogP contribution in [0.3, 0.4) is 0 Å². The lowest BCUT2D eigenvalue weighted by Gasteiger charge is -2.04. The molecular weight excluding hydrogens is 266 g/mol. The minimum absolute atomic E-state index is 0.792. The van der Waals surface area contributed by atoms with Crippen molar-refractivity contribution in [3.63, 3.8) is 0 Å². The molecule has 1 aromatic heterocycles. The molecule has 1 aromatic carbocycles. The molecule has 4 heteroatoms. The summed E-state index contributed by atoms with van der Waals surface area (Å²) in [6, 6.07) is 8.24. The fraction of sp³-hybridized carbons (Fsp3) is 0.250. The third-order valence-electron chi connectivity index (χ3n) is 2.42. The molecule has 2 aromatic rings. The summed E-state index contributed by atoms with van der Waals surface area (Å²) in [7, 11) is 1.92. The van der Waals surface area contributed by atoms with E-state index < -0.39 is 0 Å². The Labute approximate surface area is 104 Å². The van der Waals surface area contributed by atoms with Gasteiger partial charge in [0, 0.05) is 17.2 Å². The van der Waals surface area contributed by atoms with Gasteiger partial charge in [-0.15, -0.1) is 0 Å². The lowest BCUT2D eigenvalue weighted by molar-refractivity contribution is 0.757. The number of nitrogens with one attached hydrogen (secondary N) is 1. The summed E-state index contributed by atoms with van der Waals surface area (Å²) >= 11 is 3.53. The Balaban J connectivity index is 2.31. The van der Waals surface area contributed by atoms with E-state index in [1.54, 1.807) is 0 Å². The van der Waals surface area contributed by atoms with Crippen molar-refractivity contribution in [1.29, 1.82) is 0 Å². The molecule has 0 radical (unpaired) electrons. The predicted octanol–water partition coefficient (Wildman–Crippen LogP) is 2.66. The minimum atomic E-state index is 0.792. The van der Waals surface area contributed by atoms with Crippen LogP contribution in [0.2, 0.25) is 0 Å². The summed E-state index contributed by atoms with van der Waals surface area (Å²) < 4.78 is 2.99. The molecule has 0 spiro atoms. The van der Waals surface area contributed by atoms with Gasteiger partial charge in [0.15, 0.2) is 0 Å². The summed E-state index contributed by atoms with van der Waals surface area (Å²) in [4.78, 5) is 0. The average Bonchev–Trinajstić information content (AvgIpc) is 2.71. The summed E-state index contributed by atoms with van der Waals surface area (Å²) in [5.41, 5.74) is 3.34. The Kier molecular flexibility index (Phi) is 3.41. The molecule has 84 valence electrons. The Morgan fingerprint density at radius 2 is 2.19 bits per heavy atom. The van der Waals surface area contributed by atoms with E-state index in [1.807, 2.05) is 24.0 Å². The Morgan fingerprint density at radius 1 is 1.38 bits per heavy atom. The van der Waals surface area contributed by atoms with E-state index in [2.05, 4.69) is 51.5 Å². The SMILES string of the molecule is CNCc1ccn(-c2ccc(C)c(Br)c2)n1. The summed E-state index contributed by atoms with van der Waals surface area (Å²) in [5, 5.41) is 7.56. The van der Waals surface area contributed by atoms with E-state index in [0.717, 1.165) is 22.4 Å². The first-order chi connectivity index (χ1) is 7.70. The molecule has 0 aliphatic heterocycles. The van der Waals surface area contributed by atoms with Crippen LogP contribution in [-0.4, -0.2) is 16.8 Å². The first kappa shape index (κ1) is 11.4. The number of nitrogens with zero attached hydrogens (tertiary/aromatic N) is 2. The standard InChI is InChI=1S/C12H14BrN3/c1-9-3-4-11(7-12(9)13)16-6-5-10(15-16)8-14-2/h3-7,14H,8H2,1-2H3. The zero-order valence-electron chi connectivity index (χ0n) is 9.37. The van der Waals surface area contributed by atoms with Crippen molar-refractivity contribution in [2.45, 2.75) is 13.5 Å². The molecule has 3 nitrogen and oxygen atoms in total. The Morgan fingerprint density at radius 3 is 2.88 bits per heavy atom. The second-order valence-corrected chi connectivity index (χ2v) is 4.57. The van der Waals surface area contributed by atoms with Crippen molar-refractivity contribution in [1.82, 2.24) is 15.1 Å². The molecular formula is C12H14BrN3. The second-order valence-electron chi connectivity index (χ2n) is 3.72. The zero-order chi connectivity index (χ0) is 11.5. The molecule has 0 aliphatic carbocycles. The van der Waals surface area contributed by atoms with Crippen molar-refractivity contribution in [2.24, 2.45) is 0 Å². The normalized spacial score (nSPS) is 10.7. The molecule has 0 saturated carbocycles. The summed E-state index contributed by atoms with van der Waals surface area (Å²) in [5.74, 6) is 0. The van der Waals surface area contributed by atoms with Gasteiger partial charge in [-0.05, 0) is 37.7 Å². The van der Waals surface area contributed by atoms with E-state index in [-0.39, 0.29) is 0 Å². The number of hydrogen-bond acceptors (Lipinski definition) is 2. The second kappa shape index (κ2) is 4.80. The number of benzene rings is 1. The molecule has 0 atom stereocenters. The first-order valence-electron chi connectivity index (χ1n) is 5.16. The number of aromatic nitrogens is 2. The highest BCUT2D eigenvalue weighted by Crippen LogP contribution is 2.19. The highest BCUT2D eigenvalue weighted by Gasteiger charge is 2.02. The van der Waals surface area contributed by atoms with E-state index in [1.165, 1.54) is 5.56 Å². The highest BCUT2D eigenvalue weighted by molar-refractivity contribution is 9.10. The van der Waals surface area contributed by atoms with Gasteiger partial charge in [0.25, 0.3) is 0 Å². The van der Waals surface area contributed by atoms with Gasteiger partial charge >= 0.3 is 0 Å². The van der Waals surface area contributed by atoms with Gasteiger partial charge in [-0.25, -0.2) is 4.68 Å². The molecule has 0 bridgehead atoms. The fourth-order valence-corrected chi connectivity index (χ4v) is 1.87. The van der Waals surface area contributed by atoms with Crippen LogP contribution in [-0.2, 0) is 6.54 Å². The average molecular weight is 280 g/mol. The van der Waals surface area contributed by atoms with E-state index in [9.17, 15) is 0 Å². The number of rotatable bonds is 3. The minimum Gasteiger partial charge on any atom is -0.314 e. The maximum Gasteiger partial charge on any atom is 0.0766 e. The number of hydrogen-bond donors (Lipinski definition) is 1. The Bertz CT molecular complexity index is 491. The third kappa shape index (κ3) is 2.33. The number of halogens is 1. The van der Waals surface area contributed by atoms with E-state index >= 15 is 0 Å². The van der Waals surface area contributed by atoms with Crippen molar-refractivity contribution < 1.29 is 0 Å². The van der Waals surface area contributed by atoms with Gasteiger partial charge in [-0.1, -0.05) is 22.0 Å². The molecule has 0 aliphatic rings. The Hall–Kier alpha value is -1.13. The van der Waals surface area contributed by atoms with Crippen LogP contribution in [0.5, 0.6) is 0 Å². The zero-order valence-corrected chi connectivity index (χ0v) is 11.0. The molecule has 1 heterocycles. The molecule has 16 heavy (non-hydrogen) atoms. The van der Waals surface area contributed by atoms with E-state index in [0.29, 0.717) is 0 Å². The van der Waals surface area contributed by atoms with Crippen molar-refractivity contribution in [3.8, 4) is 5.69 Å². The van der Waals surface area contributed by atoms with Crippen LogP contribution in [0.1, 0.15) is 11.3 Å². The maximum absolute atomic E-state index is 4.47. The van der Waals surface area contributed by atoms with Gasteiger partial charge < -0.3 is 5.32 Å². The van der Waals surface area contributed by atoms with Crippen molar-refractivity contribution in [2.75, 3.05) is 7.05 Å². The molecule has 0 amide bonds. The van der Waals surface area contributed by atoms with Crippen LogP contribution < -0.4 is 5.32 Å². The third-order valence-corrected chi connectivity index (χ3v) is 3.28. The van der Waals surface area contributed by atoms with Gasteiger partial charge in [0.1, 0.15) is 0 Å². The highest BCUT2D eigenvalue weighted by atomic mass is 79.9. The van der Waals surface area contributed by atoms with Gasteiger partial charge in [-0.3, -0.25) is 0 Å². The van der Waals surface area contributed by atoms with Crippen molar-refractivity contribution >= 4 is 15.9 Å². The lowest BCUT2D eigenvalue weighted by Crippen LogP contribution is -2.06.